The summed E-state index contributed by atoms with van der Waals surface area (Å²) in [6.45, 7) is 5.57. The van der Waals surface area contributed by atoms with E-state index in [1.54, 1.807) is 23.7 Å². The van der Waals surface area contributed by atoms with Crippen LogP contribution in [0.25, 0.3) is 21.6 Å². The normalized spacial score (nSPS) is 19.1. The number of nitrogens with two attached hydrogens (primary N) is 1. The molecule has 11 nitrogen and oxygen atoms in total. The Hall–Kier alpha value is -2.93. The Morgan fingerprint density at radius 3 is 2.82 bits per heavy atom. The largest absolute Gasteiger partial charge is 0.378 e. The van der Waals surface area contributed by atoms with Crippen molar-refractivity contribution in [3.8, 4) is 11.4 Å². The van der Waals surface area contributed by atoms with Crippen molar-refractivity contribution in [1.82, 2.24) is 30.2 Å². The molecule has 12 heteroatoms. The summed E-state index contributed by atoms with van der Waals surface area (Å²) in [5.41, 5.74) is 7.30. The number of hydrogen-bond donors (Lipinski definition) is 2. The van der Waals surface area contributed by atoms with E-state index < -0.39 is 0 Å². The third kappa shape index (κ3) is 5.09. The van der Waals surface area contributed by atoms with Gasteiger partial charge in [0.25, 0.3) is 0 Å². The molecular weight excluding hydrogens is 456 g/mol. The average molecular weight is 485 g/mol. The average Bonchev–Trinajstić information content (AvgIpc) is 3.45. The molecule has 3 N–H and O–H groups in total. The first-order chi connectivity index (χ1) is 16.6. The number of anilines is 2. The first-order valence-corrected chi connectivity index (χ1v) is 12.1. The topological polar surface area (TPSA) is 132 Å². The smallest absolute Gasteiger partial charge is 0.246 e. The molecule has 0 radical (unpaired) electrons. The molecule has 0 spiro atoms. The van der Waals surface area contributed by atoms with E-state index in [0.717, 1.165) is 60.7 Å². The Morgan fingerprint density at radius 2 is 2.06 bits per heavy atom. The lowest BCUT2D eigenvalue weighted by Crippen LogP contribution is -2.38. The van der Waals surface area contributed by atoms with Gasteiger partial charge in [-0.25, -0.2) is 19.9 Å². The third-order valence-corrected chi connectivity index (χ3v) is 7.04. The van der Waals surface area contributed by atoms with Gasteiger partial charge in [0.2, 0.25) is 11.9 Å². The quantitative estimate of drug-likeness (QED) is 0.499. The summed E-state index contributed by atoms with van der Waals surface area (Å²) in [7, 11) is 1.53. The Bertz CT molecular complexity index is 1150. The Kier molecular flexibility index (Phi) is 6.81. The van der Waals surface area contributed by atoms with E-state index in [9.17, 15) is 4.79 Å². The first kappa shape index (κ1) is 22.8. The highest BCUT2D eigenvalue weighted by molar-refractivity contribution is 7.19. The predicted octanol–water partition coefficient (Wildman–Crippen LogP) is 0.904. The highest BCUT2D eigenvalue weighted by Crippen LogP contribution is 2.35. The van der Waals surface area contributed by atoms with Crippen LogP contribution in [-0.4, -0.2) is 89.9 Å². The van der Waals surface area contributed by atoms with Crippen LogP contribution < -0.4 is 16.0 Å². The van der Waals surface area contributed by atoms with Crippen molar-refractivity contribution >= 4 is 39.2 Å². The van der Waals surface area contributed by atoms with Crippen molar-refractivity contribution in [3.63, 3.8) is 0 Å². The predicted molar refractivity (Wildman–Crippen MR) is 130 cm³/mol. The molecule has 3 aromatic heterocycles. The van der Waals surface area contributed by atoms with Gasteiger partial charge >= 0.3 is 0 Å². The number of rotatable bonds is 7. The van der Waals surface area contributed by atoms with Gasteiger partial charge in [-0.3, -0.25) is 9.69 Å². The molecule has 180 valence electrons. The maximum absolute atomic E-state index is 11.8. The van der Waals surface area contributed by atoms with Crippen LogP contribution >= 0.6 is 11.3 Å². The molecule has 2 aliphatic heterocycles. The number of likely N-dealkylation sites (tertiary alicyclic amines) is 1. The SMILES string of the molecule is COCC(=O)NC1CCN(Cc2cc3nc(-c4cnc(N)nc4)nc(N4CCOCC4)c3s2)C1. The van der Waals surface area contributed by atoms with Gasteiger partial charge in [0.05, 0.1) is 29.0 Å². The standard InChI is InChI=1S/C22H28N8O3S/c1-32-13-18(31)26-15-2-3-29(11-15)12-16-8-17-19(34-16)21(30-4-6-33-7-5-30)28-20(27-17)14-9-24-22(23)25-10-14/h8-10,15H,2-7,11-13H2,1H3,(H,26,31)(H2,23,24,25). The summed E-state index contributed by atoms with van der Waals surface area (Å²) in [6.07, 6.45) is 4.24. The Labute approximate surface area is 201 Å². The molecule has 0 saturated carbocycles. The zero-order chi connectivity index (χ0) is 23.5. The van der Waals surface area contributed by atoms with Crippen LogP contribution in [0.1, 0.15) is 11.3 Å². The lowest BCUT2D eigenvalue weighted by atomic mass is 10.2. The second kappa shape index (κ2) is 10.1. The fourth-order valence-corrected chi connectivity index (χ4v) is 5.48. The van der Waals surface area contributed by atoms with E-state index in [0.29, 0.717) is 19.0 Å². The minimum absolute atomic E-state index is 0.0687. The van der Waals surface area contributed by atoms with Crippen LogP contribution in [0.3, 0.4) is 0 Å². The van der Waals surface area contributed by atoms with Gasteiger partial charge in [0.1, 0.15) is 6.61 Å². The van der Waals surface area contributed by atoms with Crippen LogP contribution in [0.5, 0.6) is 0 Å². The van der Waals surface area contributed by atoms with Gasteiger partial charge in [-0.1, -0.05) is 0 Å². The number of thiophene rings is 1. The van der Waals surface area contributed by atoms with E-state index in [2.05, 4.69) is 31.2 Å². The summed E-state index contributed by atoms with van der Waals surface area (Å²) in [5, 5.41) is 3.04. The fourth-order valence-electron chi connectivity index (χ4n) is 4.33. The molecule has 2 saturated heterocycles. The number of carbonyl (C=O) groups excluding carboxylic acids is 1. The molecular formula is C22H28N8O3S. The van der Waals surface area contributed by atoms with Gasteiger partial charge in [-0.2, -0.15) is 0 Å². The van der Waals surface area contributed by atoms with E-state index in [-0.39, 0.29) is 24.5 Å². The van der Waals surface area contributed by atoms with Gasteiger partial charge < -0.3 is 25.4 Å². The van der Waals surface area contributed by atoms with Crippen molar-refractivity contribution in [3.05, 3.63) is 23.3 Å². The van der Waals surface area contributed by atoms with Crippen molar-refractivity contribution < 1.29 is 14.3 Å². The molecule has 0 aromatic carbocycles. The van der Waals surface area contributed by atoms with Crippen molar-refractivity contribution in [2.45, 2.75) is 19.0 Å². The summed E-state index contributed by atoms with van der Waals surface area (Å²) >= 11 is 1.73. The van der Waals surface area contributed by atoms with Gasteiger partial charge in [-0.15, -0.1) is 11.3 Å². The lowest BCUT2D eigenvalue weighted by molar-refractivity contribution is -0.125. The molecule has 0 bridgehead atoms. The number of ether oxygens (including phenoxy) is 2. The molecule has 0 aliphatic carbocycles. The Morgan fingerprint density at radius 1 is 1.26 bits per heavy atom. The zero-order valence-electron chi connectivity index (χ0n) is 19.1. The number of carbonyl (C=O) groups is 1. The highest BCUT2D eigenvalue weighted by atomic mass is 32.1. The van der Waals surface area contributed by atoms with Gasteiger partial charge in [-0.05, 0) is 12.5 Å². The number of aromatic nitrogens is 4. The second-order valence-electron chi connectivity index (χ2n) is 8.45. The Balaban J connectivity index is 1.40. The second-order valence-corrected chi connectivity index (χ2v) is 9.59. The van der Waals surface area contributed by atoms with Crippen LogP contribution in [0.15, 0.2) is 18.5 Å². The maximum atomic E-state index is 11.8. The van der Waals surface area contributed by atoms with E-state index in [4.69, 9.17) is 25.2 Å². The lowest BCUT2D eigenvalue weighted by Gasteiger charge is -2.28. The first-order valence-electron chi connectivity index (χ1n) is 11.3. The number of hydrogen-bond acceptors (Lipinski definition) is 11. The summed E-state index contributed by atoms with van der Waals surface area (Å²) in [4.78, 5) is 35.6. The van der Waals surface area contributed by atoms with Crippen molar-refractivity contribution in [2.24, 2.45) is 0 Å². The molecule has 3 aromatic rings. The molecule has 5 heterocycles. The van der Waals surface area contributed by atoms with Crippen LogP contribution in [0.4, 0.5) is 11.8 Å². The van der Waals surface area contributed by atoms with E-state index in [1.807, 2.05) is 0 Å². The van der Waals surface area contributed by atoms with E-state index in [1.165, 1.54) is 12.0 Å². The number of fused-ring (bicyclic) bond motifs is 1. The summed E-state index contributed by atoms with van der Waals surface area (Å²) in [5.74, 6) is 1.65. The zero-order valence-corrected chi connectivity index (χ0v) is 19.9. The highest BCUT2D eigenvalue weighted by Gasteiger charge is 2.25. The summed E-state index contributed by atoms with van der Waals surface area (Å²) in [6, 6.07) is 2.29. The molecule has 34 heavy (non-hydrogen) atoms. The van der Waals surface area contributed by atoms with Crippen molar-refractivity contribution in [1.29, 1.82) is 0 Å². The number of morpholine rings is 1. The molecule has 1 amide bonds. The number of nitrogen functional groups attached to an aromatic ring is 1. The van der Waals surface area contributed by atoms with Crippen LogP contribution in [0, 0.1) is 0 Å². The third-order valence-electron chi connectivity index (χ3n) is 5.94. The van der Waals surface area contributed by atoms with E-state index >= 15 is 0 Å². The molecule has 1 unspecified atom stereocenters. The number of methoxy groups -OCH3 is 1. The van der Waals surface area contributed by atoms with Crippen LogP contribution in [-0.2, 0) is 20.8 Å². The molecule has 1 atom stereocenters. The van der Waals surface area contributed by atoms with Gasteiger partial charge in [0, 0.05) is 63.1 Å². The number of nitrogens with zero attached hydrogens (tertiary/aromatic N) is 6. The monoisotopic (exact) mass is 484 g/mol. The fraction of sp³-hybridized carbons (Fsp3) is 0.500. The molecule has 5 rings (SSSR count). The number of amides is 1. The maximum Gasteiger partial charge on any atom is 0.246 e. The minimum atomic E-state index is -0.0687. The summed E-state index contributed by atoms with van der Waals surface area (Å²) < 4.78 is 11.5. The van der Waals surface area contributed by atoms with Crippen molar-refractivity contribution in [2.75, 3.05) is 63.7 Å². The van der Waals surface area contributed by atoms with Crippen LogP contribution in [0.2, 0.25) is 0 Å². The van der Waals surface area contributed by atoms with Gasteiger partial charge in [0.15, 0.2) is 11.6 Å². The molecule has 2 aliphatic rings. The molecule has 2 fully saturated rings. The minimum Gasteiger partial charge on any atom is -0.378 e. The number of nitrogens with one attached hydrogen (secondary N) is 1.